The predicted molar refractivity (Wildman–Crippen MR) is 75.3 cm³/mol. The van der Waals surface area contributed by atoms with E-state index in [2.05, 4.69) is 15.5 Å². The van der Waals surface area contributed by atoms with E-state index in [1.54, 1.807) is 17.2 Å². The minimum Gasteiger partial charge on any atom is -0.329 e. The average molecular weight is 271 g/mol. The van der Waals surface area contributed by atoms with Gasteiger partial charge in [-0.3, -0.25) is 9.36 Å². The molecule has 1 amide bonds. The van der Waals surface area contributed by atoms with Gasteiger partial charge >= 0.3 is 0 Å². The first kappa shape index (κ1) is 12.8. The van der Waals surface area contributed by atoms with Gasteiger partial charge in [-0.15, -0.1) is 10.2 Å². The minimum absolute atomic E-state index is 0.0205. The Kier molecular flexibility index (Phi) is 3.23. The molecule has 0 atom stereocenters. The van der Waals surface area contributed by atoms with Crippen molar-refractivity contribution in [1.29, 1.82) is 0 Å². The molecule has 20 heavy (non-hydrogen) atoms. The molecule has 104 valence electrons. The largest absolute Gasteiger partial charge is 0.329 e. The molecule has 1 aliphatic rings. The zero-order valence-corrected chi connectivity index (χ0v) is 11.1. The molecule has 0 aliphatic heterocycles. The maximum absolute atomic E-state index is 12.3. The number of nitrogens with one attached hydrogen (secondary N) is 1. The Balaban J connectivity index is 1.78. The fourth-order valence-corrected chi connectivity index (χ4v) is 2.47. The quantitative estimate of drug-likeness (QED) is 0.878. The number of hydrogen-bond acceptors (Lipinski definition) is 4. The number of nitrogens with two attached hydrogens (primary N) is 1. The molecular formula is C14H17N5O. The first-order chi connectivity index (χ1) is 9.73. The fraction of sp³-hybridized carbons (Fsp3) is 0.357. The highest BCUT2D eigenvalue weighted by Gasteiger charge is 2.42. The molecule has 2 aromatic rings. The lowest BCUT2D eigenvalue weighted by atomic mass is 9.68. The zero-order valence-electron chi connectivity index (χ0n) is 11.1. The molecule has 6 heteroatoms. The average Bonchev–Trinajstić information content (AvgIpc) is 2.92. The summed E-state index contributed by atoms with van der Waals surface area (Å²) in [6.45, 7) is 0.407. The lowest BCUT2D eigenvalue weighted by Gasteiger charge is -2.39. The third kappa shape index (κ3) is 2.18. The van der Waals surface area contributed by atoms with Crippen molar-refractivity contribution in [1.82, 2.24) is 14.8 Å². The maximum atomic E-state index is 12.3. The van der Waals surface area contributed by atoms with Crippen LogP contribution in [0.25, 0.3) is 5.69 Å². The van der Waals surface area contributed by atoms with Crippen LogP contribution in [0.5, 0.6) is 0 Å². The first-order valence-corrected chi connectivity index (χ1v) is 6.70. The van der Waals surface area contributed by atoms with Gasteiger partial charge in [0.25, 0.3) is 0 Å². The van der Waals surface area contributed by atoms with E-state index in [1.165, 1.54) is 0 Å². The molecule has 0 spiro atoms. The Hall–Kier alpha value is -2.21. The van der Waals surface area contributed by atoms with Gasteiger partial charge in [0.15, 0.2) is 0 Å². The van der Waals surface area contributed by atoms with Gasteiger partial charge in [-0.05, 0) is 31.0 Å². The van der Waals surface area contributed by atoms with Crippen LogP contribution in [0.2, 0.25) is 0 Å². The van der Waals surface area contributed by atoms with Crippen LogP contribution in [0.15, 0.2) is 36.9 Å². The van der Waals surface area contributed by atoms with Gasteiger partial charge in [0.1, 0.15) is 12.7 Å². The van der Waals surface area contributed by atoms with Crippen LogP contribution in [0, 0.1) is 5.41 Å². The third-order valence-corrected chi connectivity index (χ3v) is 4.00. The number of aromatic nitrogens is 3. The summed E-state index contributed by atoms with van der Waals surface area (Å²) < 4.78 is 1.79. The lowest BCUT2D eigenvalue weighted by molar-refractivity contribution is -0.129. The van der Waals surface area contributed by atoms with Crippen LogP contribution in [0.4, 0.5) is 5.69 Å². The molecule has 0 radical (unpaired) electrons. The van der Waals surface area contributed by atoms with Crippen molar-refractivity contribution in [3.63, 3.8) is 0 Å². The highest BCUT2D eigenvalue weighted by molar-refractivity contribution is 5.96. The maximum Gasteiger partial charge on any atom is 0.231 e. The molecule has 6 nitrogen and oxygen atoms in total. The lowest BCUT2D eigenvalue weighted by Crippen LogP contribution is -2.47. The Morgan fingerprint density at radius 3 is 2.70 bits per heavy atom. The molecule has 3 N–H and O–H groups in total. The molecule has 0 saturated heterocycles. The molecular weight excluding hydrogens is 254 g/mol. The van der Waals surface area contributed by atoms with Crippen molar-refractivity contribution >= 4 is 11.6 Å². The van der Waals surface area contributed by atoms with Gasteiger partial charge in [-0.2, -0.15) is 0 Å². The molecule has 1 aliphatic carbocycles. The highest BCUT2D eigenvalue weighted by Crippen LogP contribution is 2.40. The highest BCUT2D eigenvalue weighted by atomic mass is 16.2. The van der Waals surface area contributed by atoms with E-state index in [1.807, 2.05) is 24.3 Å². The van der Waals surface area contributed by atoms with Crippen molar-refractivity contribution < 1.29 is 4.79 Å². The second-order valence-corrected chi connectivity index (χ2v) is 5.21. The van der Waals surface area contributed by atoms with Gasteiger partial charge in [0.2, 0.25) is 5.91 Å². The summed E-state index contributed by atoms with van der Waals surface area (Å²) in [5.41, 5.74) is 7.05. The minimum atomic E-state index is -0.368. The SMILES string of the molecule is NCC1(C(=O)Nc2cccc(-n3cnnc3)c2)CCC1. The summed E-state index contributed by atoms with van der Waals surface area (Å²) >= 11 is 0. The summed E-state index contributed by atoms with van der Waals surface area (Å²) in [7, 11) is 0. The van der Waals surface area contributed by atoms with Crippen LogP contribution in [0.1, 0.15) is 19.3 Å². The first-order valence-electron chi connectivity index (χ1n) is 6.70. The number of carbonyl (C=O) groups excluding carboxylic acids is 1. The van der Waals surface area contributed by atoms with E-state index < -0.39 is 0 Å². The van der Waals surface area contributed by atoms with E-state index in [0.717, 1.165) is 30.6 Å². The number of anilines is 1. The summed E-state index contributed by atoms with van der Waals surface area (Å²) in [5, 5.41) is 10.5. The standard InChI is InChI=1S/C14H17N5O/c15-8-14(5-2-6-14)13(20)18-11-3-1-4-12(7-11)19-9-16-17-10-19/h1,3-4,7,9-10H,2,5-6,8,15H2,(H,18,20). The van der Waals surface area contributed by atoms with E-state index in [9.17, 15) is 4.79 Å². The molecule has 0 bridgehead atoms. The van der Waals surface area contributed by atoms with Crippen LogP contribution in [0.3, 0.4) is 0 Å². The molecule has 0 unspecified atom stereocenters. The molecule has 1 heterocycles. The Labute approximate surface area is 117 Å². The zero-order chi connectivity index (χ0) is 14.0. The van der Waals surface area contributed by atoms with Crippen molar-refractivity contribution in [2.75, 3.05) is 11.9 Å². The fourth-order valence-electron chi connectivity index (χ4n) is 2.47. The smallest absolute Gasteiger partial charge is 0.231 e. The molecule has 1 fully saturated rings. The second-order valence-electron chi connectivity index (χ2n) is 5.21. The van der Waals surface area contributed by atoms with Crippen molar-refractivity contribution in [2.24, 2.45) is 11.1 Å². The third-order valence-electron chi connectivity index (χ3n) is 4.00. The number of benzene rings is 1. The number of carbonyl (C=O) groups is 1. The monoisotopic (exact) mass is 271 g/mol. The van der Waals surface area contributed by atoms with E-state index in [4.69, 9.17) is 5.73 Å². The summed E-state index contributed by atoms with van der Waals surface area (Å²) in [6, 6.07) is 7.58. The Morgan fingerprint density at radius 1 is 1.35 bits per heavy atom. The summed E-state index contributed by atoms with van der Waals surface area (Å²) in [6.07, 6.45) is 6.06. The van der Waals surface area contributed by atoms with E-state index in [-0.39, 0.29) is 11.3 Å². The number of amides is 1. The van der Waals surface area contributed by atoms with Crippen molar-refractivity contribution in [3.8, 4) is 5.69 Å². The van der Waals surface area contributed by atoms with Crippen LogP contribution in [-0.2, 0) is 4.79 Å². The van der Waals surface area contributed by atoms with Gasteiger partial charge in [-0.1, -0.05) is 12.5 Å². The topological polar surface area (TPSA) is 85.8 Å². The van der Waals surface area contributed by atoms with Crippen LogP contribution >= 0.6 is 0 Å². The van der Waals surface area contributed by atoms with Crippen LogP contribution in [-0.4, -0.2) is 27.2 Å². The predicted octanol–water partition coefficient (Wildman–Crippen LogP) is 1.33. The van der Waals surface area contributed by atoms with Crippen molar-refractivity contribution in [2.45, 2.75) is 19.3 Å². The van der Waals surface area contributed by atoms with E-state index >= 15 is 0 Å². The van der Waals surface area contributed by atoms with Crippen molar-refractivity contribution in [3.05, 3.63) is 36.9 Å². The van der Waals surface area contributed by atoms with Gasteiger partial charge in [-0.25, -0.2) is 0 Å². The number of nitrogens with zero attached hydrogens (tertiary/aromatic N) is 3. The van der Waals surface area contributed by atoms with E-state index in [0.29, 0.717) is 6.54 Å². The van der Waals surface area contributed by atoms with Gasteiger partial charge < -0.3 is 11.1 Å². The normalized spacial score (nSPS) is 16.4. The molecule has 3 rings (SSSR count). The summed E-state index contributed by atoms with van der Waals surface area (Å²) in [4.78, 5) is 12.3. The Bertz CT molecular complexity index is 598. The van der Waals surface area contributed by atoms with Gasteiger partial charge in [0.05, 0.1) is 11.1 Å². The summed E-state index contributed by atoms with van der Waals surface area (Å²) in [5.74, 6) is 0.0205. The Morgan fingerprint density at radius 2 is 2.10 bits per heavy atom. The number of rotatable bonds is 4. The molecule has 1 aromatic heterocycles. The molecule has 1 saturated carbocycles. The molecule has 1 aromatic carbocycles. The number of hydrogen-bond donors (Lipinski definition) is 2. The van der Waals surface area contributed by atoms with Crippen LogP contribution < -0.4 is 11.1 Å². The van der Waals surface area contributed by atoms with Gasteiger partial charge in [0, 0.05) is 12.2 Å². The second kappa shape index (κ2) is 5.05.